The Bertz CT molecular complexity index is 760. The zero-order valence-corrected chi connectivity index (χ0v) is 14.1. The van der Waals surface area contributed by atoms with Gasteiger partial charge in [0.1, 0.15) is 5.65 Å². The predicted octanol–water partition coefficient (Wildman–Crippen LogP) is 2.90. The van der Waals surface area contributed by atoms with E-state index in [0.717, 1.165) is 18.7 Å². The van der Waals surface area contributed by atoms with Gasteiger partial charge in [-0.3, -0.25) is 4.79 Å². The van der Waals surface area contributed by atoms with Gasteiger partial charge < -0.3 is 14.4 Å². The van der Waals surface area contributed by atoms with Crippen LogP contribution in [0.1, 0.15) is 19.5 Å². The Hall–Kier alpha value is -1.80. The van der Waals surface area contributed by atoms with Gasteiger partial charge in [-0.2, -0.15) is 13.2 Å². The highest BCUT2D eigenvalue weighted by Gasteiger charge is 2.62. The number of hydrogen-bond donors (Lipinski definition) is 1. The molecule has 24 heavy (non-hydrogen) atoms. The van der Waals surface area contributed by atoms with E-state index < -0.39 is 23.6 Å². The number of hydrogen-bond acceptors (Lipinski definition) is 3. The van der Waals surface area contributed by atoms with Gasteiger partial charge in [0.05, 0.1) is 23.5 Å². The number of likely N-dealkylation sites (N-methyl/N-ethyl adjacent to an activating group) is 1. The lowest BCUT2D eigenvalue weighted by molar-refractivity contribution is -0.269. The fourth-order valence-electron chi connectivity index (χ4n) is 2.42. The van der Waals surface area contributed by atoms with Crippen LogP contribution in [0.15, 0.2) is 24.5 Å². The highest BCUT2D eigenvalue weighted by Crippen LogP contribution is 2.37. The minimum Gasteiger partial charge on any atom is -0.372 e. The molecule has 2 aromatic rings. The summed E-state index contributed by atoms with van der Waals surface area (Å²) >= 11 is 5.90. The van der Waals surface area contributed by atoms with Crippen LogP contribution in [0.5, 0.6) is 0 Å². The predicted molar refractivity (Wildman–Crippen MR) is 82.5 cm³/mol. The van der Waals surface area contributed by atoms with Gasteiger partial charge in [0.25, 0.3) is 5.91 Å². The third kappa shape index (κ3) is 3.08. The third-order valence-electron chi connectivity index (χ3n) is 3.89. The Labute approximate surface area is 141 Å². The highest BCUT2D eigenvalue weighted by molar-refractivity contribution is 6.30. The Morgan fingerprint density at radius 2 is 2.04 bits per heavy atom. The monoisotopic (exact) mass is 363 g/mol. The number of aromatic nitrogens is 2. The van der Waals surface area contributed by atoms with Crippen molar-refractivity contribution in [3.63, 3.8) is 0 Å². The molecule has 0 saturated heterocycles. The Morgan fingerprint density at radius 1 is 1.42 bits per heavy atom. The lowest BCUT2D eigenvalue weighted by Gasteiger charge is -2.35. The maximum Gasteiger partial charge on any atom is 0.426 e. The number of imidazole rings is 1. The zero-order valence-electron chi connectivity index (χ0n) is 13.3. The molecule has 0 fully saturated rings. The van der Waals surface area contributed by atoms with Crippen LogP contribution in [0, 0.1) is 5.92 Å². The number of alkyl halides is 3. The molecule has 0 spiro atoms. The molecule has 0 bridgehead atoms. The van der Waals surface area contributed by atoms with Crippen LogP contribution in [0.3, 0.4) is 0 Å². The van der Waals surface area contributed by atoms with Crippen molar-refractivity contribution in [3.8, 4) is 0 Å². The second-order valence-corrected chi connectivity index (χ2v) is 6.34. The number of pyridine rings is 1. The number of amides is 1. The van der Waals surface area contributed by atoms with Gasteiger partial charge in [-0.25, -0.2) is 4.98 Å². The molecule has 132 valence electrons. The first-order valence-electron chi connectivity index (χ1n) is 7.14. The number of fused-ring (bicyclic) bond motifs is 1. The first-order valence-corrected chi connectivity index (χ1v) is 7.52. The van der Waals surface area contributed by atoms with Crippen molar-refractivity contribution in [1.29, 1.82) is 0 Å². The van der Waals surface area contributed by atoms with Gasteiger partial charge in [0.15, 0.2) is 0 Å². The molecule has 5 nitrogen and oxygen atoms in total. The Kier molecular flexibility index (Phi) is 4.83. The number of carbonyl (C=O) groups excluding carboxylic acids is 1. The van der Waals surface area contributed by atoms with Crippen molar-refractivity contribution in [2.45, 2.75) is 32.2 Å². The molecule has 1 N–H and O–H groups in total. The molecule has 0 aliphatic heterocycles. The lowest BCUT2D eigenvalue weighted by Crippen LogP contribution is -2.60. The maximum atomic E-state index is 13.2. The standard InChI is InChI=1S/C15H17ClF3N3O2/c1-9(2)14(24,15(17,18)19)13(23)21(3)8-11-6-20-12-5-4-10(16)7-22(11)12/h4-7,9,24H,8H2,1-3H3. The topological polar surface area (TPSA) is 57.8 Å². The van der Waals surface area contributed by atoms with Gasteiger partial charge >= 0.3 is 6.18 Å². The summed E-state index contributed by atoms with van der Waals surface area (Å²) in [7, 11) is 1.20. The number of nitrogens with zero attached hydrogens (tertiary/aromatic N) is 3. The van der Waals surface area contributed by atoms with E-state index in [0.29, 0.717) is 16.4 Å². The van der Waals surface area contributed by atoms with Crippen molar-refractivity contribution in [2.75, 3.05) is 7.05 Å². The van der Waals surface area contributed by atoms with E-state index in [4.69, 9.17) is 11.6 Å². The van der Waals surface area contributed by atoms with Crippen LogP contribution < -0.4 is 0 Å². The average Bonchev–Trinajstić information content (AvgIpc) is 2.86. The van der Waals surface area contributed by atoms with E-state index in [2.05, 4.69) is 4.98 Å². The Morgan fingerprint density at radius 3 is 2.58 bits per heavy atom. The van der Waals surface area contributed by atoms with Crippen molar-refractivity contribution in [2.24, 2.45) is 5.92 Å². The van der Waals surface area contributed by atoms with Crippen molar-refractivity contribution >= 4 is 23.2 Å². The molecule has 2 heterocycles. The van der Waals surface area contributed by atoms with E-state index in [1.54, 1.807) is 22.7 Å². The highest BCUT2D eigenvalue weighted by atomic mass is 35.5. The summed E-state index contributed by atoms with van der Waals surface area (Å²) in [6, 6.07) is 3.28. The molecule has 1 atom stereocenters. The first-order chi connectivity index (χ1) is 11.0. The summed E-state index contributed by atoms with van der Waals surface area (Å²) in [5.74, 6) is -2.74. The molecular weight excluding hydrogens is 347 g/mol. The van der Waals surface area contributed by atoms with E-state index in [1.807, 2.05) is 0 Å². The maximum absolute atomic E-state index is 13.2. The van der Waals surface area contributed by atoms with Gasteiger partial charge in [-0.1, -0.05) is 25.4 Å². The molecule has 0 radical (unpaired) electrons. The van der Waals surface area contributed by atoms with Crippen LogP contribution in [-0.2, 0) is 11.3 Å². The van der Waals surface area contributed by atoms with Crippen LogP contribution in [0.2, 0.25) is 5.02 Å². The smallest absolute Gasteiger partial charge is 0.372 e. The summed E-state index contributed by atoms with van der Waals surface area (Å²) in [5.41, 5.74) is -2.43. The minimum atomic E-state index is -5.07. The first kappa shape index (κ1) is 18.5. The number of carbonyl (C=O) groups is 1. The summed E-state index contributed by atoms with van der Waals surface area (Å²) in [5, 5.41) is 10.4. The SMILES string of the molecule is CC(C)C(O)(C(=O)N(C)Cc1cnc2ccc(Cl)cn12)C(F)(F)F. The summed E-state index contributed by atoms with van der Waals surface area (Å²) < 4.78 is 41.2. The number of halogens is 4. The summed E-state index contributed by atoms with van der Waals surface area (Å²) in [6.45, 7) is 2.13. The van der Waals surface area contributed by atoms with E-state index in [-0.39, 0.29) is 6.54 Å². The van der Waals surface area contributed by atoms with Crippen molar-refractivity contribution < 1.29 is 23.1 Å². The number of aliphatic hydroxyl groups is 1. The summed E-state index contributed by atoms with van der Waals surface area (Å²) in [4.78, 5) is 17.2. The molecule has 2 aromatic heterocycles. The van der Waals surface area contributed by atoms with Crippen LogP contribution in [0.25, 0.3) is 5.65 Å². The largest absolute Gasteiger partial charge is 0.426 e. The van der Waals surface area contributed by atoms with Crippen LogP contribution >= 0.6 is 11.6 Å². The lowest BCUT2D eigenvalue weighted by atomic mass is 9.88. The van der Waals surface area contributed by atoms with E-state index >= 15 is 0 Å². The Balaban J connectivity index is 2.32. The summed E-state index contributed by atoms with van der Waals surface area (Å²) in [6.07, 6.45) is -2.08. The van der Waals surface area contributed by atoms with Crippen molar-refractivity contribution in [1.82, 2.24) is 14.3 Å². The average molecular weight is 364 g/mol. The number of rotatable bonds is 4. The van der Waals surface area contributed by atoms with Gasteiger partial charge in [-0.15, -0.1) is 0 Å². The normalized spacial score (nSPS) is 14.9. The molecule has 1 amide bonds. The van der Waals surface area contributed by atoms with E-state index in [9.17, 15) is 23.1 Å². The van der Waals surface area contributed by atoms with Crippen LogP contribution in [0.4, 0.5) is 13.2 Å². The molecule has 0 aromatic carbocycles. The molecule has 2 rings (SSSR count). The molecule has 0 aliphatic rings. The molecule has 1 unspecified atom stereocenters. The fourth-order valence-corrected chi connectivity index (χ4v) is 2.58. The molecule has 0 aliphatic carbocycles. The van der Waals surface area contributed by atoms with E-state index in [1.165, 1.54) is 13.2 Å². The second kappa shape index (κ2) is 6.25. The fraction of sp³-hybridized carbons (Fsp3) is 0.467. The molecular formula is C15H17ClF3N3O2. The third-order valence-corrected chi connectivity index (χ3v) is 4.11. The second-order valence-electron chi connectivity index (χ2n) is 5.91. The van der Waals surface area contributed by atoms with Crippen LogP contribution in [-0.4, -0.2) is 44.1 Å². The van der Waals surface area contributed by atoms with Gasteiger partial charge in [-0.05, 0) is 12.1 Å². The van der Waals surface area contributed by atoms with Crippen molar-refractivity contribution in [3.05, 3.63) is 35.2 Å². The quantitative estimate of drug-likeness (QED) is 0.908. The minimum absolute atomic E-state index is 0.161. The molecule has 9 heteroatoms. The zero-order chi connectivity index (χ0) is 18.3. The van der Waals surface area contributed by atoms with Gasteiger partial charge in [0.2, 0.25) is 5.60 Å². The molecule has 0 saturated carbocycles. The van der Waals surface area contributed by atoms with Gasteiger partial charge in [0, 0.05) is 19.2 Å².